The lowest BCUT2D eigenvalue weighted by atomic mass is 10.1. The van der Waals surface area contributed by atoms with Crippen molar-refractivity contribution in [1.82, 2.24) is 9.80 Å². The Kier molecular flexibility index (Phi) is 5.60. The summed E-state index contributed by atoms with van der Waals surface area (Å²) in [5.41, 5.74) is 1.38. The van der Waals surface area contributed by atoms with Crippen molar-refractivity contribution in [3.63, 3.8) is 0 Å². The van der Waals surface area contributed by atoms with Crippen LogP contribution in [-0.2, 0) is 9.53 Å². The van der Waals surface area contributed by atoms with E-state index in [0.717, 1.165) is 39.0 Å². The summed E-state index contributed by atoms with van der Waals surface area (Å²) in [7, 11) is 2.10. The monoisotopic (exact) mass is 331 g/mol. The Bertz CT molecular complexity index is 574. The van der Waals surface area contributed by atoms with E-state index in [1.807, 2.05) is 0 Å². The van der Waals surface area contributed by atoms with Gasteiger partial charge in [0.1, 0.15) is 6.10 Å². The van der Waals surface area contributed by atoms with E-state index < -0.39 is 0 Å². The standard InChI is InChI=1S/C18H25N3O3/c1-20-8-10-21(11-9-20)13-16(22)14-4-6-15(7-5-14)19-18(23)17-3-2-12-24-17/h4-7,17H,2-3,8-13H2,1H3,(H,19,23). The molecular formula is C18H25N3O3. The van der Waals surface area contributed by atoms with Gasteiger partial charge in [-0.05, 0) is 44.2 Å². The fraction of sp³-hybridized carbons (Fsp3) is 0.556. The predicted octanol–water partition coefficient (Wildman–Crippen LogP) is 1.23. The normalized spacial score (nSPS) is 22.5. The molecule has 2 saturated heterocycles. The van der Waals surface area contributed by atoms with E-state index >= 15 is 0 Å². The highest BCUT2D eigenvalue weighted by Gasteiger charge is 2.23. The van der Waals surface area contributed by atoms with Gasteiger partial charge >= 0.3 is 0 Å². The first kappa shape index (κ1) is 17.1. The van der Waals surface area contributed by atoms with Crippen LogP contribution in [0.4, 0.5) is 5.69 Å². The number of ketones is 1. The molecule has 0 aromatic heterocycles. The van der Waals surface area contributed by atoms with Gasteiger partial charge < -0.3 is 15.0 Å². The maximum atomic E-state index is 12.4. The number of anilines is 1. The Morgan fingerprint density at radius 2 is 1.88 bits per heavy atom. The third kappa shape index (κ3) is 4.41. The van der Waals surface area contributed by atoms with Gasteiger partial charge in [-0.25, -0.2) is 0 Å². The van der Waals surface area contributed by atoms with Gasteiger partial charge in [0.05, 0.1) is 6.54 Å². The van der Waals surface area contributed by atoms with E-state index in [0.29, 0.717) is 24.4 Å². The van der Waals surface area contributed by atoms with Crippen LogP contribution in [0.15, 0.2) is 24.3 Å². The highest BCUT2D eigenvalue weighted by Crippen LogP contribution is 2.16. The van der Waals surface area contributed by atoms with Crippen molar-refractivity contribution in [2.45, 2.75) is 18.9 Å². The molecule has 1 aromatic rings. The van der Waals surface area contributed by atoms with E-state index in [1.165, 1.54) is 0 Å². The number of carbonyl (C=O) groups excluding carboxylic acids is 2. The summed E-state index contributed by atoms with van der Waals surface area (Å²) in [6.07, 6.45) is 1.36. The Hall–Kier alpha value is -1.76. The third-order valence-corrected chi connectivity index (χ3v) is 4.66. The number of ether oxygens (including phenoxy) is 1. The number of nitrogens with zero attached hydrogens (tertiary/aromatic N) is 2. The number of hydrogen-bond acceptors (Lipinski definition) is 5. The van der Waals surface area contributed by atoms with Gasteiger partial charge in [-0.2, -0.15) is 0 Å². The van der Waals surface area contributed by atoms with Gasteiger partial charge in [-0.3, -0.25) is 14.5 Å². The summed E-state index contributed by atoms with van der Waals surface area (Å²) < 4.78 is 5.37. The van der Waals surface area contributed by atoms with Crippen molar-refractivity contribution in [2.24, 2.45) is 0 Å². The average Bonchev–Trinajstić information content (AvgIpc) is 3.12. The average molecular weight is 331 g/mol. The zero-order chi connectivity index (χ0) is 16.9. The molecule has 1 unspecified atom stereocenters. The van der Waals surface area contributed by atoms with Gasteiger partial charge in [-0.1, -0.05) is 0 Å². The zero-order valence-electron chi connectivity index (χ0n) is 14.2. The summed E-state index contributed by atoms with van der Waals surface area (Å²) in [5.74, 6) is 0.0144. The molecule has 0 saturated carbocycles. The SMILES string of the molecule is CN1CCN(CC(=O)c2ccc(NC(=O)C3CCCO3)cc2)CC1. The first-order valence-corrected chi connectivity index (χ1v) is 8.58. The molecular weight excluding hydrogens is 306 g/mol. The Labute approximate surface area is 142 Å². The van der Waals surface area contributed by atoms with E-state index in [9.17, 15) is 9.59 Å². The highest BCUT2D eigenvalue weighted by molar-refractivity contribution is 5.99. The fourth-order valence-electron chi connectivity index (χ4n) is 3.05. The van der Waals surface area contributed by atoms with Gasteiger partial charge in [0.15, 0.2) is 5.78 Å². The molecule has 1 aromatic carbocycles. The summed E-state index contributed by atoms with van der Waals surface area (Å²) >= 11 is 0. The summed E-state index contributed by atoms with van der Waals surface area (Å²) in [4.78, 5) is 28.8. The molecule has 2 fully saturated rings. The van der Waals surface area contributed by atoms with Crippen LogP contribution < -0.4 is 5.32 Å². The smallest absolute Gasteiger partial charge is 0.253 e. The van der Waals surface area contributed by atoms with Crippen LogP contribution in [0.5, 0.6) is 0 Å². The maximum absolute atomic E-state index is 12.4. The minimum Gasteiger partial charge on any atom is -0.368 e. The quantitative estimate of drug-likeness (QED) is 0.823. The van der Waals surface area contributed by atoms with Crippen molar-refractivity contribution < 1.29 is 14.3 Å². The van der Waals surface area contributed by atoms with Crippen LogP contribution >= 0.6 is 0 Å². The Balaban J connectivity index is 1.51. The molecule has 2 heterocycles. The summed E-state index contributed by atoms with van der Waals surface area (Å²) in [6.45, 7) is 4.96. The van der Waals surface area contributed by atoms with Crippen LogP contribution in [0.1, 0.15) is 23.2 Å². The Morgan fingerprint density at radius 1 is 1.17 bits per heavy atom. The molecule has 0 radical (unpaired) electrons. The van der Waals surface area contributed by atoms with Crippen LogP contribution in [0, 0.1) is 0 Å². The number of nitrogens with one attached hydrogen (secondary N) is 1. The summed E-state index contributed by atoms with van der Waals surface area (Å²) in [5, 5.41) is 2.85. The summed E-state index contributed by atoms with van der Waals surface area (Å²) in [6, 6.07) is 7.13. The second-order valence-electron chi connectivity index (χ2n) is 6.57. The highest BCUT2D eigenvalue weighted by atomic mass is 16.5. The number of Topliss-reactive ketones (excluding diaryl/α,β-unsaturated/α-hetero) is 1. The zero-order valence-corrected chi connectivity index (χ0v) is 14.2. The molecule has 2 aliphatic rings. The number of piperazine rings is 1. The number of rotatable bonds is 5. The van der Waals surface area contributed by atoms with E-state index in [2.05, 4.69) is 22.2 Å². The van der Waals surface area contributed by atoms with Gasteiger partial charge in [0.2, 0.25) is 0 Å². The number of likely N-dealkylation sites (N-methyl/N-ethyl adjacent to an activating group) is 1. The van der Waals surface area contributed by atoms with E-state index in [-0.39, 0.29) is 17.8 Å². The van der Waals surface area contributed by atoms with Crippen LogP contribution in [0.3, 0.4) is 0 Å². The van der Waals surface area contributed by atoms with Gasteiger partial charge in [0.25, 0.3) is 5.91 Å². The van der Waals surface area contributed by atoms with Crippen molar-refractivity contribution in [1.29, 1.82) is 0 Å². The van der Waals surface area contributed by atoms with Crippen molar-refractivity contribution in [3.8, 4) is 0 Å². The number of carbonyl (C=O) groups is 2. The molecule has 3 rings (SSSR count). The largest absolute Gasteiger partial charge is 0.368 e. The Morgan fingerprint density at radius 3 is 2.50 bits per heavy atom. The number of hydrogen-bond donors (Lipinski definition) is 1. The van der Waals surface area contributed by atoms with Crippen LogP contribution in [-0.4, -0.2) is 74.0 Å². The number of benzene rings is 1. The molecule has 1 N–H and O–H groups in total. The molecule has 1 amide bonds. The van der Waals surface area contributed by atoms with E-state index in [1.54, 1.807) is 24.3 Å². The number of amides is 1. The molecule has 0 bridgehead atoms. The lowest BCUT2D eigenvalue weighted by molar-refractivity contribution is -0.124. The maximum Gasteiger partial charge on any atom is 0.253 e. The van der Waals surface area contributed by atoms with Crippen molar-refractivity contribution >= 4 is 17.4 Å². The molecule has 130 valence electrons. The molecule has 0 spiro atoms. The fourth-order valence-corrected chi connectivity index (χ4v) is 3.05. The van der Waals surface area contributed by atoms with Crippen LogP contribution in [0.25, 0.3) is 0 Å². The molecule has 6 nitrogen and oxygen atoms in total. The van der Waals surface area contributed by atoms with Crippen molar-refractivity contribution in [2.75, 3.05) is 51.7 Å². The molecule has 6 heteroatoms. The minimum atomic E-state index is -0.344. The molecule has 24 heavy (non-hydrogen) atoms. The van der Waals surface area contributed by atoms with Crippen molar-refractivity contribution in [3.05, 3.63) is 29.8 Å². The molecule has 2 aliphatic heterocycles. The minimum absolute atomic E-state index is 0.107. The lowest BCUT2D eigenvalue weighted by Crippen LogP contribution is -2.46. The predicted molar refractivity (Wildman–Crippen MR) is 92.3 cm³/mol. The first-order valence-electron chi connectivity index (χ1n) is 8.58. The van der Waals surface area contributed by atoms with Gasteiger partial charge in [0, 0.05) is 44.0 Å². The van der Waals surface area contributed by atoms with Crippen LogP contribution in [0.2, 0.25) is 0 Å². The lowest BCUT2D eigenvalue weighted by Gasteiger charge is -2.31. The van der Waals surface area contributed by atoms with E-state index in [4.69, 9.17) is 4.74 Å². The topological polar surface area (TPSA) is 61.9 Å². The molecule has 0 aliphatic carbocycles. The molecule has 1 atom stereocenters. The van der Waals surface area contributed by atoms with Gasteiger partial charge in [-0.15, -0.1) is 0 Å². The first-order chi connectivity index (χ1) is 11.6. The second kappa shape index (κ2) is 7.88. The second-order valence-corrected chi connectivity index (χ2v) is 6.57. The third-order valence-electron chi connectivity index (χ3n) is 4.66.